The molecule has 1 aromatic heterocycles. The molecule has 0 bridgehead atoms. The van der Waals surface area contributed by atoms with Crippen LogP contribution in [0.2, 0.25) is 0 Å². The fraction of sp³-hybridized carbons (Fsp3) is 0.333. The molecule has 2 rings (SSSR count). The van der Waals surface area contributed by atoms with Crippen molar-refractivity contribution in [3.8, 4) is 11.4 Å². The number of benzene rings is 1. The van der Waals surface area contributed by atoms with Gasteiger partial charge >= 0.3 is 0 Å². The average Bonchev–Trinajstić information content (AvgIpc) is 2.76. The maximum atomic E-state index is 11.6. The van der Waals surface area contributed by atoms with Gasteiger partial charge in [-0.15, -0.1) is 10.2 Å². The third-order valence-electron chi connectivity index (χ3n) is 2.82. The van der Waals surface area contributed by atoms with Crippen molar-refractivity contribution >= 4 is 35.7 Å². The average molecular weight is 379 g/mol. The smallest absolute Gasteiger partial charge is 0.296 e. The fourth-order valence-corrected chi connectivity index (χ4v) is 3.21. The Kier molecular flexibility index (Phi) is 4.51. The lowest BCUT2D eigenvalue weighted by molar-refractivity contribution is 0.570. The fourth-order valence-electron chi connectivity index (χ4n) is 1.93. The molecule has 20 heavy (non-hydrogen) atoms. The van der Waals surface area contributed by atoms with Crippen LogP contribution < -0.4 is 0 Å². The van der Waals surface area contributed by atoms with E-state index in [4.69, 9.17) is 10.7 Å². The van der Waals surface area contributed by atoms with Gasteiger partial charge in [0.25, 0.3) is 14.2 Å². The summed E-state index contributed by atoms with van der Waals surface area (Å²) in [4.78, 5) is 0. The summed E-state index contributed by atoms with van der Waals surface area (Å²) in [6, 6.07) is 5.73. The molecular weight excluding hydrogens is 366 g/mol. The molecule has 1 aromatic carbocycles. The van der Waals surface area contributed by atoms with Crippen LogP contribution in [-0.2, 0) is 15.6 Å². The molecule has 0 fully saturated rings. The third kappa shape index (κ3) is 3.05. The van der Waals surface area contributed by atoms with Crippen molar-refractivity contribution in [3.05, 3.63) is 28.2 Å². The summed E-state index contributed by atoms with van der Waals surface area (Å²) >= 11 is 3.40. The molecule has 0 spiro atoms. The van der Waals surface area contributed by atoms with Gasteiger partial charge in [-0.25, -0.2) is 8.42 Å². The van der Waals surface area contributed by atoms with E-state index in [-0.39, 0.29) is 5.16 Å². The minimum atomic E-state index is -3.92. The van der Waals surface area contributed by atoms with E-state index in [1.165, 1.54) is 4.57 Å². The standard InChI is InChI=1S/C12H13BrClN3O2S/c1-3-6-17-11(15-16-12(17)20(14,18)19)10-7-9(13)5-4-8(10)2/h4-5,7H,3,6H2,1-2H3. The number of nitrogens with zero attached hydrogens (tertiary/aromatic N) is 3. The zero-order chi connectivity index (χ0) is 14.9. The highest BCUT2D eigenvalue weighted by Gasteiger charge is 2.23. The highest BCUT2D eigenvalue weighted by Crippen LogP contribution is 2.28. The van der Waals surface area contributed by atoms with Gasteiger partial charge in [-0.2, -0.15) is 0 Å². The van der Waals surface area contributed by atoms with Crippen molar-refractivity contribution in [2.75, 3.05) is 0 Å². The molecule has 108 valence electrons. The predicted molar refractivity (Wildman–Crippen MR) is 81.2 cm³/mol. The van der Waals surface area contributed by atoms with E-state index >= 15 is 0 Å². The van der Waals surface area contributed by atoms with E-state index < -0.39 is 9.05 Å². The first-order valence-corrected chi connectivity index (χ1v) is 9.09. The first-order chi connectivity index (χ1) is 9.34. The second-order valence-corrected chi connectivity index (χ2v) is 7.73. The van der Waals surface area contributed by atoms with Crippen LogP contribution in [0, 0.1) is 6.92 Å². The zero-order valence-electron chi connectivity index (χ0n) is 11.0. The Labute approximate surface area is 130 Å². The summed E-state index contributed by atoms with van der Waals surface area (Å²) in [5.41, 5.74) is 1.81. The largest absolute Gasteiger partial charge is 0.297 e. The summed E-state index contributed by atoms with van der Waals surface area (Å²) in [6.07, 6.45) is 0.748. The van der Waals surface area contributed by atoms with Crippen LogP contribution in [0.3, 0.4) is 0 Å². The summed E-state index contributed by atoms with van der Waals surface area (Å²) in [5, 5.41) is 7.52. The molecule has 0 aliphatic rings. The van der Waals surface area contributed by atoms with Crippen LogP contribution in [-0.4, -0.2) is 23.2 Å². The van der Waals surface area contributed by atoms with E-state index in [0.717, 1.165) is 22.0 Å². The molecule has 5 nitrogen and oxygen atoms in total. The Morgan fingerprint density at radius 1 is 1.35 bits per heavy atom. The lowest BCUT2D eigenvalue weighted by Gasteiger charge is -2.09. The number of halogens is 2. The van der Waals surface area contributed by atoms with E-state index in [1.54, 1.807) is 0 Å². The monoisotopic (exact) mass is 377 g/mol. The summed E-state index contributed by atoms with van der Waals surface area (Å²) in [7, 11) is 1.49. The van der Waals surface area contributed by atoms with Gasteiger partial charge in [0.2, 0.25) is 0 Å². The summed E-state index contributed by atoms with van der Waals surface area (Å²) in [5.74, 6) is 0.505. The molecule has 0 amide bonds. The van der Waals surface area contributed by atoms with Gasteiger partial charge in [0.1, 0.15) is 0 Å². The Bertz CT molecular complexity index is 743. The van der Waals surface area contributed by atoms with Gasteiger partial charge in [-0.05, 0) is 31.0 Å². The van der Waals surface area contributed by atoms with Crippen LogP contribution in [0.1, 0.15) is 18.9 Å². The number of hydrogen-bond donors (Lipinski definition) is 0. The molecule has 0 N–H and O–H groups in total. The lowest BCUT2D eigenvalue weighted by Crippen LogP contribution is -2.08. The van der Waals surface area contributed by atoms with Crippen molar-refractivity contribution in [1.29, 1.82) is 0 Å². The van der Waals surface area contributed by atoms with Gasteiger partial charge in [0, 0.05) is 27.3 Å². The van der Waals surface area contributed by atoms with Gasteiger partial charge in [-0.3, -0.25) is 4.57 Å². The zero-order valence-corrected chi connectivity index (χ0v) is 14.1. The van der Waals surface area contributed by atoms with Gasteiger partial charge in [0.15, 0.2) is 5.82 Å². The number of aryl methyl sites for hydroxylation is 1. The van der Waals surface area contributed by atoms with Crippen LogP contribution in [0.25, 0.3) is 11.4 Å². The predicted octanol–water partition coefficient (Wildman–Crippen LogP) is 3.35. The van der Waals surface area contributed by atoms with Crippen molar-refractivity contribution < 1.29 is 8.42 Å². The van der Waals surface area contributed by atoms with Crippen molar-refractivity contribution in [2.24, 2.45) is 0 Å². The van der Waals surface area contributed by atoms with Crippen molar-refractivity contribution in [1.82, 2.24) is 14.8 Å². The van der Waals surface area contributed by atoms with Crippen LogP contribution in [0.4, 0.5) is 0 Å². The molecule has 0 unspecified atom stereocenters. The Morgan fingerprint density at radius 3 is 2.65 bits per heavy atom. The van der Waals surface area contributed by atoms with Crippen LogP contribution in [0.5, 0.6) is 0 Å². The minimum absolute atomic E-state index is 0.213. The topological polar surface area (TPSA) is 64.8 Å². The van der Waals surface area contributed by atoms with Gasteiger partial charge in [-0.1, -0.05) is 28.9 Å². The van der Waals surface area contributed by atoms with Crippen LogP contribution in [0.15, 0.2) is 27.8 Å². The first kappa shape index (κ1) is 15.5. The Morgan fingerprint density at radius 2 is 2.05 bits per heavy atom. The van der Waals surface area contributed by atoms with Crippen molar-refractivity contribution in [3.63, 3.8) is 0 Å². The van der Waals surface area contributed by atoms with Gasteiger partial charge < -0.3 is 0 Å². The molecule has 2 aromatic rings. The maximum Gasteiger partial charge on any atom is 0.296 e. The quantitative estimate of drug-likeness (QED) is 0.765. The normalized spacial score (nSPS) is 11.8. The van der Waals surface area contributed by atoms with E-state index in [9.17, 15) is 8.42 Å². The minimum Gasteiger partial charge on any atom is -0.297 e. The number of aromatic nitrogens is 3. The van der Waals surface area contributed by atoms with E-state index in [2.05, 4.69) is 26.1 Å². The molecule has 0 aliphatic heterocycles. The van der Waals surface area contributed by atoms with Gasteiger partial charge in [0.05, 0.1) is 0 Å². The SMILES string of the molecule is CCCn1c(-c2cc(Br)ccc2C)nnc1S(=O)(=O)Cl. The maximum absolute atomic E-state index is 11.6. The highest BCUT2D eigenvalue weighted by atomic mass is 79.9. The van der Waals surface area contributed by atoms with Crippen LogP contribution >= 0.6 is 26.6 Å². The summed E-state index contributed by atoms with van der Waals surface area (Å²) < 4.78 is 25.5. The van der Waals surface area contributed by atoms with Crippen molar-refractivity contribution in [2.45, 2.75) is 32.0 Å². The molecule has 1 heterocycles. The molecule has 8 heteroatoms. The molecule has 0 atom stereocenters. The molecular formula is C12H13BrClN3O2S. The number of hydrogen-bond acceptors (Lipinski definition) is 4. The Hall–Kier alpha value is -0.920. The van der Waals surface area contributed by atoms with E-state index in [0.29, 0.717) is 12.4 Å². The number of rotatable bonds is 4. The second kappa shape index (κ2) is 5.83. The van der Waals surface area contributed by atoms with E-state index in [1.807, 2.05) is 32.0 Å². The lowest BCUT2D eigenvalue weighted by atomic mass is 10.1. The third-order valence-corrected chi connectivity index (χ3v) is 4.47. The molecule has 0 saturated carbocycles. The molecule has 0 aliphatic carbocycles. The highest BCUT2D eigenvalue weighted by molar-refractivity contribution is 9.10. The molecule has 0 radical (unpaired) electrons. The Balaban J connectivity index is 2.69. The molecule has 0 saturated heterocycles. The summed E-state index contributed by atoms with van der Waals surface area (Å²) in [6.45, 7) is 4.36. The first-order valence-electron chi connectivity index (χ1n) is 5.99. The second-order valence-electron chi connectivity index (χ2n) is 4.35.